The molecular weight excluding hydrogens is 258 g/mol. The highest BCUT2D eigenvalue weighted by Crippen LogP contribution is 2.19. The van der Waals surface area contributed by atoms with Gasteiger partial charge in [0.15, 0.2) is 0 Å². The third kappa shape index (κ3) is 4.01. The number of nitrogens with one attached hydrogen (secondary N) is 2. The van der Waals surface area contributed by atoms with Gasteiger partial charge in [-0.3, -0.25) is 5.10 Å². The summed E-state index contributed by atoms with van der Waals surface area (Å²) in [5.41, 5.74) is 2.00. The third-order valence-electron chi connectivity index (χ3n) is 2.58. The van der Waals surface area contributed by atoms with E-state index in [0.29, 0.717) is 19.8 Å². The van der Waals surface area contributed by atoms with Crippen molar-refractivity contribution in [3.05, 3.63) is 36.5 Å². The standard InChI is InChI=1S/C14H17N3O3/c1-2-19-14(18)15-9-10-20-12-5-3-11(4-6-12)13-7-8-16-17-13/h3-8H,2,9-10H2,1H3,(H,15,18)(H,16,17). The number of hydrogen-bond acceptors (Lipinski definition) is 4. The summed E-state index contributed by atoms with van der Waals surface area (Å²) in [6.45, 7) is 2.92. The molecule has 0 saturated heterocycles. The Hall–Kier alpha value is -2.50. The van der Waals surface area contributed by atoms with E-state index < -0.39 is 6.09 Å². The molecule has 6 nitrogen and oxygen atoms in total. The zero-order valence-electron chi connectivity index (χ0n) is 11.3. The number of aromatic amines is 1. The lowest BCUT2D eigenvalue weighted by Gasteiger charge is -2.08. The van der Waals surface area contributed by atoms with E-state index >= 15 is 0 Å². The number of benzene rings is 1. The molecule has 0 saturated carbocycles. The summed E-state index contributed by atoms with van der Waals surface area (Å²) < 4.78 is 10.2. The Morgan fingerprint density at radius 2 is 2.10 bits per heavy atom. The van der Waals surface area contributed by atoms with Crippen molar-refractivity contribution in [1.82, 2.24) is 15.5 Å². The summed E-state index contributed by atoms with van der Waals surface area (Å²) in [6.07, 6.45) is 1.28. The van der Waals surface area contributed by atoms with Gasteiger partial charge in [0, 0.05) is 6.20 Å². The SMILES string of the molecule is CCOC(=O)NCCOc1ccc(-c2ccn[nH]2)cc1. The summed E-state index contributed by atoms with van der Waals surface area (Å²) in [5, 5.41) is 9.39. The minimum Gasteiger partial charge on any atom is -0.492 e. The van der Waals surface area contributed by atoms with E-state index in [1.54, 1.807) is 13.1 Å². The van der Waals surface area contributed by atoms with Gasteiger partial charge < -0.3 is 14.8 Å². The van der Waals surface area contributed by atoms with Crippen LogP contribution in [0.3, 0.4) is 0 Å². The summed E-state index contributed by atoms with van der Waals surface area (Å²) >= 11 is 0. The number of alkyl carbamates (subject to hydrolysis) is 1. The molecule has 2 N–H and O–H groups in total. The van der Waals surface area contributed by atoms with Crippen LogP contribution in [0.1, 0.15) is 6.92 Å². The molecule has 1 aromatic carbocycles. The molecule has 0 aliphatic carbocycles. The van der Waals surface area contributed by atoms with E-state index in [0.717, 1.165) is 17.0 Å². The fourth-order valence-corrected chi connectivity index (χ4v) is 1.65. The van der Waals surface area contributed by atoms with Crippen LogP contribution in [0.4, 0.5) is 4.79 Å². The molecule has 1 heterocycles. The Kier molecular flexibility index (Phi) is 5.00. The number of rotatable bonds is 6. The fourth-order valence-electron chi connectivity index (χ4n) is 1.65. The molecule has 106 valence electrons. The van der Waals surface area contributed by atoms with Gasteiger partial charge >= 0.3 is 6.09 Å². The number of nitrogens with zero attached hydrogens (tertiary/aromatic N) is 1. The number of aromatic nitrogens is 2. The predicted octanol–water partition coefficient (Wildman–Crippen LogP) is 2.20. The smallest absolute Gasteiger partial charge is 0.407 e. The minimum absolute atomic E-state index is 0.363. The van der Waals surface area contributed by atoms with Gasteiger partial charge in [-0.25, -0.2) is 4.79 Å². The molecule has 0 aliphatic rings. The molecule has 0 fully saturated rings. The van der Waals surface area contributed by atoms with Gasteiger partial charge in [0.25, 0.3) is 0 Å². The molecule has 0 spiro atoms. The van der Waals surface area contributed by atoms with E-state index in [-0.39, 0.29) is 0 Å². The predicted molar refractivity (Wildman–Crippen MR) is 74.5 cm³/mol. The van der Waals surface area contributed by atoms with Crippen molar-refractivity contribution < 1.29 is 14.3 Å². The molecule has 2 aromatic rings. The first-order valence-electron chi connectivity index (χ1n) is 6.43. The van der Waals surface area contributed by atoms with Crippen LogP contribution in [-0.4, -0.2) is 36.0 Å². The van der Waals surface area contributed by atoms with Crippen LogP contribution in [0.5, 0.6) is 5.75 Å². The summed E-state index contributed by atoms with van der Waals surface area (Å²) in [6, 6.07) is 9.55. The largest absolute Gasteiger partial charge is 0.492 e. The summed E-state index contributed by atoms with van der Waals surface area (Å²) in [5.74, 6) is 0.749. The van der Waals surface area contributed by atoms with Gasteiger partial charge in [0.1, 0.15) is 12.4 Å². The van der Waals surface area contributed by atoms with Gasteiger partial charge in [0.05, 0.1) is 18.8 Å². The molecule has 6 heteroatoms. The fraction of sp³-hybridized carbons (Fsp3) is 0.286. The highest BCUT2D eigenvalue weighted by atomic mass is 16.5. The molecular formula is C14H17N3O3. The van der Waals surface area contributed by atoms with E-state index in [2.05, 4.69) is 15.5 Å². The zero-order chi connectivity index (χ0) is 14.2. The first-order valence-corrected chi connectivity index (χ1v) is 6.43. The first-order chi connectivity index (χ1) is 9.79. The van der Waals surface area contributed by atoms with E-state index in [4.69, 9.17) is 9.47 Å². The second-order valence-electron chi connectivity index (χ2n) is 3.99. The zero-order valence-corrected chi connectivity index (χ0v) is 11.3. The van der Waals surface area contributed by atoms with Gasteiger partial charge in [0.2, 0.25) is 0 Å². The summed E-state index contributed by atoms with van der Waals surface area (Å²) in [7, 11) is 0. The minimum atomic E-state index is -0.425. The van der Waals surface area contributed by atoms with Gasteiger partial charge in [-0.1, -0.05) is 0 Å². The highest BCUT2D eigenvalue weighted by molar-refractivity contribution is 5.67. The lowest BCUT2D eigenvalue weighted by molar-refractivity contribution is 0.150. The number of carbonyl (C=O) groups excluding carboxylic acids is 1. The number of carbonyl (C=O) groups is 1. The molecule has 0 radical (unpaired) electrons. The van der Waals surface area contributed by atoms with Crippen molar-refractivity contribution in [2.75, 3.05) is 19.8 Å². The first kappa shape index (κ1) is 13.9. The number of H-pyrrole nitrogens is 1. The van der Waals surface area contributed by atoms with Crippen molar-refractivity contribution in [3.63, 3.8) is 0 Å². The average Bonchev–Trinajstić information content (AvgIpc) is 2.99. The van der Waals surface area contributed by atoms with Crippen LogP contribution >= 0.6 is 0 Å². The normalized spacial score (nSPS) is 10.1. The highest BCUT2D eigenvalue weighted by Gasteiger charge is 2.01. The Morgan fingerprint density at radius 3 is 2.75 bits per heavy atom. The molecule has 0 bridgehead atoms. The van der Waals surface area contributed by atoms with E-state index in [1.165, 1.54) is 0 Å². The summed E-state index contributed by atoms with van der Waals surface area (Å²) in [4.78, 5) is 11.0. The molecule has 1 aromatic heterocycles. The maximum absolute atomic E-state index is 11.0. The molecule has 20 heavy (non-hydrogen) atoms. The van der Waals surface area contributed by atoms with Crippen LogP contribution < -0.4 is 10.1 Å². The molecule has 1 amide bonds. The quantitative estimate of drug-likeness (QED) is 0.792. The molecule has 2 rings (SSSR count). The van der Waals surface area contributed by atoms with Crippen LogP contribution in [0, 0.1) is 0 Å². The number of hydrogen-bond donors (Lipinski definition) is 2. The van der Waals surface area contributed by atoms with Crippen molar-refractivity contribution in [2.24, 2.45) is 0 Å². The van der Waals surface area contributed by atoms with Gasteiger partial charge in [-0.05, 0) is 42.8 Å². The van der Waals surface area contributed by atoms with E-state index in [9.17, 15) is 4.79 Å². The monoisotopic (exact) mass is 275 g/mol. The average molecular weight is 275 g/mol. The second kappa shape index (κ2) is 7.18. The lowest BCUT2D eigenvalue weighted by atomic mass is 10.1. The topological polar surface area (TPSA) is 76.2 Å². The van der Waals surface area contributed by atoms with Gasteiger partial charge in [-0.15, -0.1) is 0 Å². The lowest BCUT2D eigenvalue weighted by Crippen LogP contribution is -2.28. The molecule has 0 aliphatic heterocycles. The second-order valence-corrected chi connectivity index (χ2v) is 3.99. The van der Waals surface area contributed by atoms with Crippen LogP contribution in [0.15, 0.2) is 36.5 Å². The van der Waals surface area contributed by atoms with Crippen molar-refractivity contribution in [3.8, 4) is 17.0 Å². The number of amides is 1. The van der Waals surface area contributed by atoms with Crippen molar-refractivity contribution >= 4 is 6.09 Å². The van der Waals surface area contributed by atoms with Crippen LogP contribution in [0.25, 0.3) is 11.3 Å². The number of ether oxygens (including phenoxy) is 2. The Labute approximate surface area is 117 Å². The van der Waals surface area contributed by atoms with Crippen molar-refractivity contribution in [2.45, 2.75) is 6.92 Å². The van der Waals surface area contributed by atoms with Crippen molar-refractivity contribution in [1.29, 1.82) is 0 Å². The Balaban J connectivity index is 1.75. The van der Waals surface area contributed by atoms with Crippen LogP contribution in [-0.2, 0) is 4.74 Å². The Morgan fingerprint density at radius 1 is 1.30 bits per heavy atom. The molecule has 0 unspecified atom stereocenters. The van der Waals surface area contributed by atoms with Crippen LogP contribution in [0.2, 0.25) is 0 Å². The third-order valence-corrected chi connectivity index (χ3v) is 2.58. The maximum Gasteiger partial charge on any atom is 0.407 e. The van der Waals surface area contributed by atoms with Gasteiger partial charge in [-0.2, -0.15) is 5.10 Å². The molecule has 0 atom stereocenters. The Bertz CT molecular complexity index is 523. The van der Waals surface area contributed by atoms with E-state index in [1.807, 2.05) is 30.3 Å². The maximum atomic E-state index is 11.0.